The van der Waals surface area contributed by atoms with Crippen LogP contribution >= 0.6 is 0 Å². The average Bonchev–Trinajstić information content (AvgIpc) is 2.59. The third-order valence-electron chi connectivity index (χ3n) is 4.18. The maximum absolute atomic E-state index is 12.3. The molecule has 0 bridgehead atoms. The quantitative estimate of drug-likeness (QED) is 0.755. The molecular weight excluding hydrogens is 280 g/mol. The molecule has 2 aliphatic rings. The molecule has 0 aliphatic carbocycles. The van der Waals surface area contributed by atoms with Crippen molar-refractivity contribution in [3.05, 3.63) is 24.4 Å². The molecule has 2 heterocycles. The largest absolute Gasteiger partial charge is 0.377 e. The first-order valence-electron chi connectivity index (χ1n) is 7.92. The molecular formula is C16H26N4O2. The summed E-state index contributed by atoms with van der Waals surface area (Å²) in [6.45, 7) is 1.99. The van der Waals surface area contributed by atoms with E-state index in [1.807, 2.05) is 18.2 Å². The Morgan fingerprint density at radius 3 is 2.41 bits per heavy atom. The summed E-state index contributed by atoms with van der Waals surface area (Å²) in [5, 5.41) is 6.28. The van der Waals surface area contributed by atoms with Gasteiger partial charge in [-0.1, -0.05) is 18.6 Å². The molecule has 0 radical (unpaired) electrons. The van der Waals surface area contributed by atoms with Gasteiger partial charge in [-0.15, -0.1) is 0 Å². The lowest BCUT2D eigenvalue weighted by atomic mass is 10.0. The molecule has 2 rings (SSSR count). The first-order chi connectivity index (χ1) is 10.6. The third-order valence-corrected chi connectivity index (χ3v) is 4.18. The Morgan fingerprint density at radius 2 is 1.82 bits per heavy atom. The summed E-state index contributed by atoms with van der Waals surface area (Å²) in [5.74, 6) is 0.136. The first kappa shape index (κ1) is 16.5. The second kappa shape index (κ2) is 7.98. The van der Waals surface area contributed by atoms with Crippen LogP contribution in [-0.2, 0) is 9.59 Å². The predicted octanol–water partition coefficient (Wildman–Crippen LogP) is 0.0870. The Labute approximate surface area is 132 Å². The van der Waals surface area contributed by atoms with Crippen LogP contribution in [0.4, 0.5) is 0 Å². The van der Waals surface area contributed by atoms with E-state index in [0.717, 1.165) is 25.8 Å². The fourth-order valence-electron chi connectivity index (χ4n) is 2.69. The number of allylic oxidation sites excluding steroid dienone is 2. The highest BCUT2D eigenvalue weighted by Crippen LogP contribution is 2.09. The highest BCUT2D eigenvalue weighted by Gasteiger charge is 2.24. The van der Waals surface area contributed by atoms with Crippen LogP contribution in [-0.4, -0.2) is 67.4 Å². The lowest BCUT2D eigenvalue weighted by Gasteiger charge is -2.29. The van der Waals surface area contributed by atoms with Crippen LogP contribution < -0.4 is 10.6 Å². The predicted molar refractivity (Wildman–Crippen MR) is 86.1 cm³/mol. The molecule has 1 fully saturated rings. The van der Waals surface area contributed by atoms with Crippen molar-refractivity contribution in [3.8, 4) is 0 Å². The van der Waals surface area contributed by atoms with Crippen LogP contribution in [0.15, 0.2) is 24.4 Å². The van der Waals surface area contributed by atoms with Crippen LogP contribution in [0.25, 0.3) is 0 Å². The number of nitrogens with zero attached hydrogens (tertiary/aromatic N) is 2. The summed E-state index contributed by atoms with van der Waals surface area (Å²) >= 11 is 0. The van der Waals surface area contributed by atoms with E-state index in [2.05, 4.69) is 10.6 Å². The van der Waals surface area contributed by atoms with Crippen molar-refractivity contribution in [2.45, 2.75) is 31.3 Å². The monoisotopic (exact) mass is 306 g/mol. The van der Waals surface area contributed by atoms with Gasteiger partial charge in [0.15, 0.2) is 0 Å². The van der Waals surface area contributed by atoms with Crippen molar-refractivity contribution in [2.75, 3.05) is 33.7 Å². The second-order valence-corrected chi connectivity index (χ2v) is 5.91. The van der Waals surface area contributed by atoms with E-state index in [0.29, 0.717) is 13.1 Å². The third kappa shape index (κ3) is 4.34. The molecule has 22 heavy (non-hydrogen) atoms. The van der Waals surface area contributed by atoms with E-state index in [4.69, 9.17) is 0 Å². The molecule has 0 aromatic rings. The Hall–Kier alpha value is -1.82. The normalized spacial score (nSPS) is 23.7. The molecule has 1 saturated heterocycles. The summed E-state index contributed by atoms with van der Waals surface area (Å²) in [5.41, 5.74) is 0. The van der Waals surface area contributed by atoms with Gasteiger partial charge in [-0.05, 0) is 31.7 Å². The van der Waals surface area contributed by atoms with Gasteiger partial charge in [0, 0.05) is 27.2 Å². The zero-order chi connectivity index (χ0) is 15.9. The second-order valence-electron chi connectivity index (χ2n) is 5.91. The van der Waals surface area contributed by atoms with Gasteiger partial charge >= 0.3 is 0 Å². The molecule has 2 atom stereocenters. The minimum absolute atomic E-state index is 0.0113. The van der Waals surface area contributed by atoms with E-state index in [-0.39, 0.29) is 23.9 Å². The smallest absolute Gasteiger partial charge is 0.248 e. The molecule has 2 amide bonds. The minimum atomic E-state index is -0.309. The highest BCUT2D eigenvalue weighted by molar-refractivity contribution is 5.84. The highest BCUT2D eigenvalue weighted by atomic mass is 16.2. The van der Waals surface area contributed by atoms with Crippen molar-refractivity contribution < 1.29 is 9.59 Å². The van der Waals surface area contributed by atoms with Crippen molar-refractivity contribution in [1.82, 2.24) is 20.4 Å². The van der Waals surface area contributed by atoms with Crippen molar-refractivity contribution >= 4 is 11.8 Å². The first-order valence-corrected chi connectivity index (χ1v) is 7.92. The van der Waals surface area contributed by atoms with Crippen molar-refractivity contribution in [2.24, 2.45) is 0 Å². The standard InChI is InChI=1S/C16H26N4O2/c1-19(15(21)13-7-3-5-9-17-13)11-12-20(2)16(22)14-8-4-6-10-18-14/h3,5,7,9,13-14,17-18H,4,6,8,10-12H2,1-2H3. The fourth-order valence-corrected chi connectivity index (χ4v) is 2.69. The number of hydrogen-bond acceptors (Lipinski definition) is 4. The summed E-state index contributed by atoms with van der Waals surface area (Å²) in [7, 11) is 3.58. The molecule has 0 aromatic carbocycles. The van der Waals surface area contributed by atoms with Crippen LogP contribution in [0, 0.1) is 0 Å². The minimum Gasteiger partial charge on any atom is -0.377 e. The van der Waals surface area contributed by atoms with Crippen molar-refractivity contribution in [3.63, 3.8) is 0 Å². The van der Waals surface area contributed by atoms with Gasteiger partial charge in [0.2, 0.25) is 11.8 Å². The van der Waals surface area contributed by atoms with Crippen LogP contribution in [0.5, 0.6) is 0 Å². The maximum atomic E-state index is 12.3. The average molecular weight is 306 g/mol. The van der Waals surface area contributed by atoms with Gasteiger partial charge in [0.25, 0.3) is 0 Å². The molecule has 6 nitrogen and oxygen atoms in total. The Morgan fingerprint density at radius 1 is 1.09 bits per heavy atom. The topological polar surface area (TPSA) is 64.7 Å². The van der Waals surface area contributed by atoms with Gasteiger partial charge < -0.3 is 20.4 Å². The van der Waals surface area contributed by atoms with E-state index in [9.17, 15) is 9.59 Å². The number of rotatable bonds is 5. The van der Waals surface area contributed by atoms with Gasteiger partial charge in [-0.2, -0.15) is 0 Å². The Bertz CT molecular complexity index is 455. The number of dihydropyridines is 1. The number of carbonyl (C=O) groups excluding carboxylic acids is 2. The van der Waals surface area contributed by atoms with E-state index < -0.39 is 0 Å². The lowest BCUT2D eigenvalue weighted by molar-refractivity contribution is -0.135. The number of likely N-dealkylation sites (N-methyl/N-ethyl adjacent to an activating group) is 2. The summed E-state index contributed by atoms with van der Waals surface area (Å²) in [6.07, 6.45) is 10.5. The number of amides is 2. The van der Waals surface area contributed by atoms with E-state index in [1.165, 1.54) is 0 Å². The molecule has 2 aliphatic heterocycles. The Kier molecular flexibility index (Phi) is 6.00. The summed E-state index contributed by atoms with van der Waals surface area (Å²) in [4.78, 5) is 27.9. The van der Waals surface area contributed by atoms with E-state index >= 15 is 0 Å². The molecule has 122 valence electrons. The summed E-state index contributed by atoms with van der Waals surface area (Å²) in [6, 6.07) is -0.371. The molecule has 6 heteroatoms. The molecule has 0 spiro atoms. The summed E-state index contributed by atoms with van der Waals surface area (Å²) < 4.78 is 0. The zero-order valence-corrected chi connectivity index (χ0v) is 13.4. The lowest BCUT2D eigenvalue weighted by Crippen LogP contribution is -2.50. The van der Waals surface area contributed by atoms with Gasteiger partial charge in [-0.25, -0.2) is 0 Å². The number of piperidine rings is 1. The van der Waals surface area contributed by atoms with Crippen LogP contribution in [0.1, 0.15) is 19.3 Å². The van der Waals surface area contributed by atoms with Gasteiger partial charge in [-0.3, -0.25) is 9.59 Å². The molecule has 2 unspecified atom stereocenters. The molecule has 2 N–H and O–H groups in total. The van der Waals surface area contributed by atoms with Crippen molar-refractivity contribution in [1.29, 1.82) is 0 Å². The maximum Gasteiger partial charge on any atom is 0.248 e. The number of carbonyl (C=O) groups is 2. The number of nitrogens with one attached hydrogen (secondary N) is 2. The fraction of sp³-hybridized carbons (Fsp3) is 0.625. The van der Waals surface area contributed by atoms with Gasteiger partial charge in [0.05, 0.1) is 6.04 Å². The van der Waals surface area contributed by atoms with Crippen LogP contribution in [0.2, 0.25) is 0 Å². The zero-order valence-electron chi connectivity index (χ0n) is 13.4. The van der Waals surface area contributed by atoms with Crippen LogP contribution in [0.3, 0.4) is 0 Å². The van der Waals surface area contributed by atoms with E-state index in [1.54, 1.807) is 30.1 Å². The van der Waals surface area contributed by atoms with Gasteiger partial charge in [0.1, 0.15) is 6.04 Å². The molecule has 0 aromatic heterocycles. The Balaban J connectivity index is 1.76. The number of hydrogen-bond donors (Lipinski definition) is 2. The molecule has 0 saturated carbocycles. The SMILES string of the molecule is CN(CCN(C)C(=O)C1CCCCN1)C(=O)C1C=CC=CN1.